The Balaban J connectivity index is 2.40. The standard InChI is InChI=1S/C4H9NOS/c1-5-2-3-7(6)4-5/h2-4H2,1H3. The maximum absolute atomic E-state index is 10.5. The third-order valence-corrected chi connectivity index (χ3v) is 2.43. The van der Waals surface area contributed by atoms with Crippen molar-refractivity contribution in [2.24, 2.45) is 0 Å². The van der Waals surface area contributed by atoms with Crippen LogP contribution in [-0.4, -0.2) is 34.3 Å². The molecule has 1 fully saturated rings. The van der Waals surface area contributed by atoms with E-state index < -0.39 is 10.8 Å². The summed E-state index contributed by atoms with van der Waals surface area (Å²) >= 11 is 0. The quantitative estimate of drug-likeness (QED) is 0.434. The average Bonchev–Trinajstić information content (AvgIpc) is 1.87. The van der Waals surface area contributed by atoms with Crippen LogP contribution < -0.4 is 0 Å². The number of hydrogen-bond donors (Lipinski definition) is 0. The zero-order valence-electron chi connectivity index (χ0n) is 4.39. The monoisotopic (exact) mass is 119 g/mol. The van der Waals surface area contributed by atoms with E-state index in [9.17, 15) is 4.21 Å². The topological polar surface area (TPSA) is 20.3 Å². The van der Waals surface area contributed by atoms with Crippen molar-refractivity contribution in [3.63, 3.8) is 0 Å². The smallest absolute Gasteiger partial charge is 0.0745 e. The summed E-state index contributed by atoms with van der Waals surface area (Å²) in [7, 11) is 1.46. The Morgan fingerprint density at radius 2 is 2.43 bits per heavy atom. The fourth-order valence-electron chi connectivity index (χ4n) is 0.633. The van der Waals surface area contributed by atoms with Crippen molar-refractivity contribution in [3.8, 4) is 0 Å². The van der Waals surface area contributed by atoms with E-state index >= 15 is 0 Å². The fraction of sp³-hybridized carbons (Fsp3) is 1.00. The molecule has 42 valence electrons. The molecule has 0 aromatic heterocycles. The third kappa shape index (κ3) is 1.24. The minimum Gasteiger partial charge on any atom is -0.294 e. The minimum atomic E-state index is -0.527. The molecule has 0 aromatic carbocycles. The predicted molar refractivity (Wildman–Crippen MR) is 30.5 cm³/mol. The van der Waals surface area contributed by atoms with Crippen molar-refractivity contribution < 1.29 is 4.21 Å². The summed E-state index contributed by atoms with van der Waals surface area (Å²) in [5, 5.41) is 0. The molecule has 0 aliphatic carbocycles. The van der Waals surface area contributed by atoms with Gasteiger partial charge in [-0.25, -0.2) is 0 Å². The van der Waals surface area contributed by atoms with Crippen molar-refractivity contribution in [2.75, 3.05) is 25.2 Å². The minimum absolute atomic E-state index is 0.527. The maximum Gasteiger partial charge on any atom is 0.0745 e. The zero-order valence-corrected chi connectivity index (χ0v) is 5.20. The number of rotatable bonds is 0. The molecule has 1 aliphatic rings. The van der Waals surface area contributed by atoms with Crippen LogP contribution in [0, 0.1) is 0 Å². The van der Waals surface area contributed by atoms with Crippen molar-refractivity contribution in [1.82, 2.24) is 4.90 Å². The highest BCUT2D eigenvalue weighted by atomic mass is 32.2. The lowest BCUT2D eigenvalue weighted by Crippen LogP contribution is -2.12. The van der Waals surface area contributed by atoms with Crippen molar-refractivity contribution in [3.05, 3.63) is 0 Å². The second-order valence-corrected chi connectivity index (χ2v) is 3.40. The number of hydrogen-bond acceptors (Lipinski definition) is 2. The molecule has 0 spiro atoms. The molecular weight excluding hydrogens is 110 g/mol. The van der Waals surface area contributed by atoms with E-state index in [4.69, 9.17) is 0 Å². The van der Waals surface area contributed by atoms with Crippen molar-refractivity contribution in [2.45, 2.75) is 0 Å². The normalized spacial score (nSPS) is 34.1. The molecule has 0 bridgehead atoms. The first-order valence-electron chi connectivity index (χ1n) is 2.32. The van der Waals surface area contributed by atoms with Crippen LogP contribution in [0.3, 0.4) is 0 Å². The van der Waals surface area contributed by atoms with Crippen LogP contribution in [0.15, 0.2) is 0 Å². The summed E-state index contributed by atoms with van der Waals surface area (Å²) < 4.78 is 10.5. The van der Waals surface area contributed by atoms with E-state index in [0.717, 1.165) is 18.2 Å². The lowest BCUT2D eigenvalue weighted by Gasteiger charge is -1.99. The Labute approximate surface area is 46.0 Å². The molecule has 1 atom stereocenters. The van der Waals surface area contributed by atoms with Crippen LogP contribution >= 0.6 is 0 Å². The molecule has 0 aromatic rings. The van der Waals surface area contributed by atoms with Gasteiger partial charge in [0.05, 0.1) is 5.88 Å². The van der Waals surface area contributed by atoms with Crippen molar-refractivity contribution in [1.29, 1.82) is 0 Å². The molecule has 1 unspecified atom stereocenters. The van der Waals surface area contributed by atoms with Crippen LogP contribution in [0.5, 0.6) is 0 Å². The largest absolute Gasteiger partial charge is 0.294 e. The van der Waals surface area contributed by atoms with Gasteiger partial charge < -0.3 is 0 Å². The van der Waals surface area contributed by atoms with Crippen LogP contribution in [0.4, 0.5) is 0 Å². The Kier molecular flexibility index (Phi) is 1.44. The van der Waals surface area contributed by atoms with E-state index in [1.165, 1.54) is 0 Å². The molecule has 1 saturated heterocycles. The average molecular weight is 119 g/mol. The third-order valence-electron chi connectivity index (χ3n) is 1.07. The molecule has 2 nitrogen and oxygen atoms in total. The van der Waals surface area contributed by atoms with E-state index in [2.05, 4.69) is 4.90 Å². The van der Waals surface area contributed by atoms with Gasteiger partial charge in [-0.15, -0.1) is 0 Å². The molecule has 0 amide bonds. The maximum atomic E-state index is 10.5. The first-order chi connectivity index (χ1) is 3.29. The van der Waals surface area contributed by atoms with Gasteiger partial charge in [-0.05, 0) is 7.05 Å². The van der Waals surface area contributed by atoms with E-state index in [0.29, 0.717) is 0 Å². The first kappa shape index (κ1) is 5.25. The fourth-order valence-corrected chi connectivity index (χ4v) is 1.90. The summed E-state index contributed by atoms with van der Waals surface area (Å²) in [6.45, 7) is 1.01. The summed E-state index contributed by atoms with van der Waals surface area (Å²) in [6, 6.07) is 0. The Morgan fingerprint density at radius 3 is 2.57 bits per heavy atom. The summed E-state index contributed by atoms with van der Waals surface area (Å²) in [4.78, 5) is 2.08. The van der Waals surface area contributed by atoms with Gasteiger partial charge in [0, 0.05) is 23.1 Å². The van der Waals surface area contributed by atoms with Crippen LogP contribution in [0.2, 0.25) is 0 Å². The van der Waals surface area contributed by atoms with E-state index in [-0.39, 0.29) is 0 Å². The Morgan fingerprint density at radius 1 is 1.71 bits per heavy atom. The molecule has 0 saturated carbocycles. The lowest BCUT2D eigenvalue weighted by molar-refractivity contribution is 0.437. The second kappa shape index (κ2) is 1.92. The highest BCUT2D eigenvalue weighted by Crippen LogP contribution is 1.96. The molecule has 0 N–H and O–H groups in total. The summed E-state index contributed by atoms with van der Waals surface area (Å²) in [5.74, 6) is 1.65. The van der Waals surface area contributed by atoms with Gasteiger partial charge >= 0.3 is 0 Å². The number of nitrogens with zero attached hydrogens (tertiary/aromatic N) is 1. The van der Waals surface area contributed by atoms with Crippen LogP contribution in [-0.2, 0) is 10.8 Å². The predicted octanol–water partition coefficient (Wildman–Crippen LogP) is -0.362. The molecule has 1 aliphatic heterocycles. The van der Waals surface area contributed by atoms with Gasteiger partial charge in [0.1, 0.15) is 0 Å². The van der Waals surface area contributed by atoms with Gasteiger partial charge in [-0.3, -0.25) is 9.11 Å². The van der Waals surface area contributed by atoms with Crippen LogP contribution in [0.1, 0.15) is 0 Å². The Bertz CT molecular complexity index is 93.7. The lowest BCUT2D eigenvalue weighted by atomic mass is 10.7. The van der Waals surface area contributed by atoms with Gasteiger partial charge in [0.15, 0.2) is 0 Å². The summed E-state index contributed by atoms with van der Waals surface area (Å²) in [6.07, 6.45) is 0. The molecule has 7 heavy (non-hydrogen) atoms. The molecule has 1 heterocycles. The van der Waals surface area contributed by atoms with Gasteiger partial charge in [0.25, 0.3) is 0 Å². The molecule has 3 heteroatoms. The van der Waals surface area contributed by atoms with Gasteiger partial charge in [-0.1, -0.05) is 0 Å². The highest BCUT2D eigenvalue weighted by molar-refractivity contribution is 7.85. The first-order valence-corrected chi connectivity index (χ1v) is 3.81. The molecule has 1 rings (SSSR count). The van der Waals surface area contributed by atoms with Crippen LogP contribution in [0.25, 0.3) is 0 Å². The van der Waals surface area contributed by atoms with Gasteiger partial charge in [0.2, 0.25) is 0 Å². The van der Waals surface area contributed by atoms with E-state index in [1.54, 1.807) is 0 Å². The zero-order chi connectivity index (χ0) is 5.28. The van der Waals surface area contributed by atoms with Crippen molar-refractivity contribution >= 4 is 10.8 Å². The summed E-state index contributed by atoms with van der Waals surface area (Å²) in [5.41, 5.74) is 0. The van der Waals surface area contributed by atoms with E-state index in [1.807, 2.05) is 7.05 Å². The molecule has 0 radical (unpaired) electrons. The van der Waals surface area contributed by atoms with Gasteiger partial charge in [-0.2, -0.15) is 0 Å². The Hall–Kier alpha value is 0.110. The molecular formula is C4H9NOS. The SMILES string of the molecule is CN1CCS(=O)C1. The highest BCUT2D eigenvalue weighted by Gasteiger charge is 2.12. The second-order valence-electron chi connectivity index (χ2n) is 1.85.